The average molecular weight is 444 g/mol. The van der Waals surface area contributed by atoms with Gasteiger partial charge in [0, 0.05) is 35.5 Å². The van der Waals surface area contributed by atoms with Gasteiger partial charge < -0.3 is 13.7 Å². The van der Waals surface area contributed by atoms with Gasteiger partial charge in [-0.3, -0.25) is 0 Å². The van der Waals surface area contributed by atoms with E-state index in [1.165, 1.54) is 5.57 Å². The van der Waals surface area contributed by atoms with Crippen LogP contribution in [0.3, 0.4) is 0 Å². The van der Waals surface area contributed by atoms with Gasteiger partial charge >= 0.3 is 5.63 Å². The molecule has 5 nitrogen and oxygen atoms in total. The zero-order valence-corrected chi connectivity index (χ0v) is 20.3. The van der Waals surface area contributed by atoms with Crippen LogP contribution in [0.1, 0.15) is 47.1 Å². The number of hydrogen-bond donors (Lipinski definition) is 0. The Morgan fingerprint density at radius 1 is 0.970 bits per heavy atom. The summed E-state index contributed by atoms with van der Waals surface area (Å²) >= 11 is 0. The highest BCUT2D eigenvalue weighted by Crippen LogP contribution is 2.42. The molecule has 0 amide bonds. The Hall–Kier alpha value is -3.34. The summed E-state index contributed by atoms with van der Waals surface area (Å²) in [5.74, 6) is 0.764. The SMILES string of the molecule is CCN1c2cc3oc(=O)c4cc5ccc(=[N+](CC)CC)cc-5oc4c3cc2C(C)=CC1(C)C. The van der Waals surface area contributed by atoms with Gasteiger partial charge in [0.1, 0.15) is 29.8 Å². The summed E-state index contributed by atoms with van der Waals surface area (Å²) in [4.78, 5) is 15.3. The lowest BCUT2D eigenvalue weighted by Gasteiger charge is -2.42. The second-order valence-corrected chi connectivity index (χ2v) is 9.36. The maximum Gasteiger partial charge on any atom is 0.347 e. The van der Waals surface area contributed by atoms with Crippen LogP contribution in [-0.2, 0) is 0 Å². The number of fused-ring (bicyclic) bond motifs is 5. The van der Waals surface area contributed by atoms with Crippen LogP contribution < -0.4 is 20.5 Å². The minimum atomic E-state index is -0.374. The standard InChI is InChI=1S/C28H31N2O3/c1-7-29(8-2)19-11-10-18-12-22-26(32-24(18)13-19)21-14-20-17(4)16-28(5,6)30(9-3)23(20)15-25(21)33-27(22)31/h10-16H,7-9H2,1-6H3/q+1. The highest BCUT2D eigenvalue weighted by Gasteiger charge is 2.31. The van der Waals surface area contributed by atoms with E-state index in [0.717, 1.165) is 53.0 Å². The Labute approximate surface area is 193 Å². The van der Waals surface area contributed by atoms with Crippen LogP contribution in [0.15, 0.2) is 56.1 Å². The molecule has 170 valence electrons. The summed E-state index contributed by atoms with van der Waals surface area (Å²) in [6.45, 7) is 15.7. The van der Waals surface area contributed by atoms with Gasteiger partial charge in [0.05, 0.1) is 17.0 Å². The van der Waals surface area contributed by atoms with Crippen molar-refractivity contribution in [2.75, 3.05) is 24.5 Å². The molecule has 1 aliphatic carbocycles. The van der Waals surface area contributed by atoms with Gasteiger partial charge in [-0.1, -0.05) is 6.08 Å². The molecule has 5 heteroatoms. The van der Waals surface area contributed by atoms with Gasteiger partial charge in [-0.05, 0) is 65.3 Å². The molecule has 3 aliphatic rings. The van der Waals surface area contributed by atoms with Gasteiger partial charge in [0.2, 0.25) is 5.36 Å². The van der Waals surface area contributed by atoms with E-state index in [9.17, 15) is 4.79 Å². The van der Waals surface area contributed by atoms with E-state index >= 15 is 0 Å². The lowest BCUT2D eigenvalue weighted by molar-refractivity contribution is 0.553. The molecule has 2 aliphatic heterocycles. The molecule has 5 rings (SSSR count). The molecule has 0 saturated carbocycles. The van der Waals surface area contributed by atoms with Crippen molar-refractivity contribution in [2.45, 2.75) is 47.1 Å². The van der Waals surface area contributed by atoms with Crippen LogP contribution >= 0.6 is 0 Å². The molecule has 33 heavy (non-hydrogen) atoms. The summed E-state index contributed by atoms with van der Waals surface area (Å²) in [6, 6.07) is 12.1. The highest BCUT2D eigenvalue weighted by molar-refractivity contribution is 6.05. The minimum absolute atomic E-state index is 0.113. The van der Waals surface area contributed by atoms with E-state index in [0.29, 0.717) is 16.6 Å². The normalized spacial score (nSPS) is 15.2. The molecule has 0 saturated heterocycles. The fourth-order valence-electron chi connectivity index (χ4n) is 5.35. The molecule has 0 radical (unpaired) electrons. The first-order valence-electron chi connectivity index (χ1n) is 11.8. The highest BCUT2D eigenvalue weighted by atomic mass is 16.4. The quantitative estimate of drug-likeness (QED) is 0.182. The molecular formula is C28H31N2O3+. The zero-order chi connectivity index (χ0) is 23.5. The Balaban J connectivity index is 1.87. The van der Waals surface area contributed by atoms with Gasteiger partial charge in [-0.2, -0.15) is 0 Å². The van der Waals surface area contributed by atoms with Crippen molar-refractivity contribution in [3.05, 3.63) is 63.8 Å². The molecule has 3 heterocycles. The van der Waals surface area contributed by atoms with Crippen LogP contribution in [0, 0.1) is 0 Å². The maximum atomic E-state index is 13.0. The molecule has 0 fully saturated rings. The van der Waals surface area contributed by atoms with E-state index in [2.05, 4.69) is 75.3 Å². The number of hydrogen-bond acceptors (Lipinski definition) is 4. The Kier molecular flexibility index (Phi) is 4.96. The third kappa shape index (κ3) is 3.29. The van der Waals surface area contributed by atoms with Gasteiger partial charge in [-0.25, -0.2) is 9.37 Å². The molecule has 2 aromatic rings. The van der Waals surface area contributed by atoms with Crippen molar-refractivity contribution in [1.29, 1.82) is 0 Å². The van der Waals surface area contributed by atoms with Gasteiger partial charge in [0.15, 0.2) is 5.58 Å². The van der Waals surface area contributed by atoms with E-state index in [1.54, 1.807) is 0 Å². The molecule has 0 spiro atoms. The third-order valence-electron chi connectivity index (χ3n) is 6.94. The molecular weight excluding hydrogens is 412 g/mol. The fraction of sp³-hybridized carbons (Fsp3) is 0.357. The first-order chi connectivity index (χ1) is 15.8. The predicted molar refractivity (Wildman–Crippen MR) is 136 cm³/mol. The summed E-state index contributed by atoms with van der Waals surface area (Å²) in [7, 11) is 0. The summed E-state index contributed by atoms with van der Waals surface area (Å²) in [6.07, 6.45) is 2.30. The molecule has 1 aromatic heterocycles. The summed E-state index contributed by atoms with van der Waals surface area (Å²) in [5.41, 5.74) is 4.98. The van der Waals surface area contributed by atoms with Crippen molar-refractivity contribution in [3.8, 4) is 11.3 Å². The molecule has 0 N–H and O–H groups in total. The summed E-state index contributed by atoms with van der Waals surface area (Å²) < 4.78 is 14.5. The van der Waals surface area contributed by atoms with Crippen molar-refractivity contribution >= 4 is 33.2 Å². The van der Waals surface area contributed by atoms with Crippen LogP contribution in [0.5, 0.6) is 0 Å². The van der Waals surface area contributed by atoms with Crippen molar-refractivity contribution < 1.29 is 8.83 Å². The second-order valence-electron chi connectivity index (χ2n) is 9.36. The number of nitrogens with zero attached hydrogens (tertiary/aromatic N) is 2. The lowest BCUT2D eigenvalue weighted by atomic mass is 9.88. The number of anilines is 1. The zero-order valence-electron chi connectivity index (χ0n) is 20.3. The van der Waals surface area contributed by atoms with Crippen LogP contribution in [0.4, 0.5) is 5.69 Å². The minimum Gasteiger partial charge on any atom is -0.455 e. The second kappa shape index (κ2) is 7.62. The van der Waals surface area contributed by atoms with Crippen LogP contribution in [0.2, 0.25) is 0 Å². The van der Waals surface area contributed by atoms with E-state index in [4.69, 9.17) is 8.83 Å². The topological polar surface area (TPSA) is 49.6 Å². The first kappa shape index (κ1) is 21.5. The fourth-order valence-corrected chi connectivity index (χ4v) is 5.35. The van der Waals surface area contributed by atoms with Crippen molar-refractivity contribution in [2.24, 2.45) is 0 Å². The maximum absolute atomic E-state index is 13.0. The number of rotatable bonds is 3. The number of allylic oxidation sites excluding steroid dienone is 1. The Morgan fingerprint density at radius 3 is 2.42 bits per heavy atom. The molecule has 0 bridgehead atoms. The first-order valence-corrected chi connectivity index (χ1v) is 11.8. The molecule has 1 aromatic carbocycles. The van der Waals surface area contributed by atoms with E-state index < -0.39 is 0 Å². The third-order valence-corrected chi connectivity index (χ3v) is 6.94. The number of benzene rings is 2. The van der Waals surface area contributed by atoms with Crippen molar-refractivity contribution in [1.82, 2.24) is 4.58 Å². The lowest BCUT2D eigenvalue weighted by Crippen LogP contribution is -2.44. The smallest absolute Gasteiger partial charge is 0.347 e. The monoisotopic (exact) mass is 443 g/mol. The Morgan fingerprint density at radius 2 is 1.73 bits per heavy atom. The summed E-state index contributed by atoms with van der Waals surface area (Å²) in [5, 5.41) is 2.40. The van der Waals surface area contributed by atoms with Crippen LogP contribution in [-0.4, -0.2) is 25.2 Å². The molecule has 0 unspecified atom stereocenters. The predicted octanol–water partition coefficient (Wildman–Crippen LogP) is 5.48. The van der Waals surface area contributed by atoms with Crippen LogP contribution in [0.25, 0.3) is 38.8 Å². The number of likely N-dealkylation sites (N-methyl/N-ethyl adjacent to an activating group) is 1. The van der Waals surface area contributed by atoms with Crippen molar-refractivity contribution in [3.63, 3.8) is 0 Å². The average Bonchev–Trinajstić information content (AvgIpc) is 2.78. The van der Waals surface area contributed by atoms with Gasteiger partial charge in [0.25, 0.3) is 0 Å². The molecule has 0 atom stereocenters. The van der Waals surface area contributed by atoms with E-state index in [1.807, 2.05) is 18.2 Å². The Bertz CT molecular complexity index is 1530. The largest absolute Gasteiger partial charge is 0.455 e. The van der Waals surface area contributed by atoms with E-state index in [-0.39, 0.29) is 11.2 Å². The van der Waals surface area contributed by atoms with Gasteiger partial charge in [-0.15, -0.1) is 0 Å².